The summed E-state index contributed by atoms with van der Waals surface area (Å²) in [5.74, 6) is 1.44. The minimum atomic E-state index is -0.214. The molecule has 0 aliphatic rings. The zero-order valence-corrected chi connectivity index (χ0v) is 13.1. The molecular weight excluding hydrogens is 264 g/mol. The van der Waals surface area contributed by atoms with Gasteiger partial charge in [0.05, 0.1) is 12.3 Å². The van der Waals surface area contributed by atoms with Crippen molar-refractivity contribution in [3.05, 3.63) is 46.5 Å². The first-order chi connectivity index (χ1) is 9.91. The molecular formula is C17H22N2O2. The normalized spacial score (nSPS) is 11.4. The van der Waals surface area contributed by atoms with Crippen LogP contribution in [0, 0.1) is 0 Å². The topological polar surface area (TPSA) is 55.0 Å². The first-order valence-corrected chi connectivity index (χ1v) is 7.26. The quantitative estimate of drug-likeness (QED) is 0.935. The fraction of sp³-hybridized carbons (Fsp3) is 0.412. The zero-order valence-electron chi connectivity index (χ0n) is 13.1. The van der Waals surface area contributed by atoms with E-state index in [1.54, 1.807) is 0 Å². The highest BCUT2D eigenvalue weighted by Gasteiger charge is 2.18. The molecule has 0 saturated carbocycles. The van der Waals surface area contributed by atoms with Crippen LogP contribution in [0.3, 0.4) is 0 Å². The van der Waals surface area contributed by atoms with E-state index in [2.05, 4.69) is 16.9 Å². The molecule has 0 unspecified atom stereocenters. The van der Waals surface area contributed by atoms with Gasteiger partial charge in [0.1, 0.15) is 11.6 Å². The summed E-state index contributed by atoms with van der Waals surface area (Å²) in [6.45, 7) is 8.77. The van der Waals surface area contributed by atoms with Gasteiger partial charge in [-0.1, -0.05) is 39.8 Å². The lowest BCUT2D eigenvalue weighted by Gasteiger charge is -2.18. The Bertz CT molecular complexity index is 669. The number of nitrogens with one attached hydrogen (secondary N) is 1. The van der Waals surface area contributed by atoms with Crippen molar-refractivity contribution in [2.24, 2.45) is 0 Å². The van der Waals surface area contributed by atoms with Gasteiger partial charge in [0, 0.05) is 17.0 Å². The Balaban J connectivity index is 2.52. The van der Waals surface area contributed by atoms with Crippen molar-refractivity contribution in [2.75, 3.05) is 6.61 Å². The summed E-state index contributed by atoms with van der Waals surface area (Å²) in [6.07, 6.45) is 0.935. The first-order valence-electron chi connectivity index (χ1n) is 7.26. The Labute approximate surface area is 125 Å². The molecule has 0 saturated heterocycles. The lowest BCUT2D eigenvalue weighted by Crippen LogP contribution is -2.22. The SMILES string of the molecule is CCCOc1ccccc1-c1cc(=O)[nH]c(C(C)(C)C)n1. The minimum Gasteiger partial charge on any atom is -0.493 e. The van der Waals surface area contributed by atoms with Crippen LogP contribution in [0.5, 0.6) is 5.75 Å². The van der Waals surface area contributed by atoms with Gasteiger partial charge in [-0.15, -0.1) is 0 Å². The second kappa shape index (κ2) is 6.12. The predicted molar refractivity (Wildman–Crippen MR) is 84.8 cm³/mol. The van der Waals surface area contributed by atoms with Crippen LogP contribution in [0.15, 0.2) is 35.1 Å². The molecule has 4 nitrogen and oxygen atoms in total. The van der Waals surface area contributed by atoms with Gasteiger partial charge in [-0.2, -0.15) is 0 Å². The van der Waals surface area contributed by atoms with Gasteiger partial charge in [-0.25, -0.2) is 4.98 Å². The van der Waals surface area contributed by atoms with Crippen molar-refractivity contribution in [1.29, 1.82) is 0 Å². The molecule has 0 bridgehead atoms. The van der Waals surface area contributed by atoms with Gasteiger partial charge in [0.25, 0.3) is 5.56 Å². The minimum absolute atomic E-state index is 0.143. The summed E-state index contributed by atoms with van der Waals surface area (Å²) in [6, 6.07) is 9.20. The highest BCUT2D eigenvalue weighted by Crippen LogP contribution is 2.29. The average molecular weight is 286 g/mol. The summed E-state index contributed by atoms with van der Waals surface area (Å²) in [5, 5.41) is 0. The standard InChI is InChI=1S/C17H22N2O2/c1-5-10-21-14-9-7-6-8-12(14)13-11-15(20)19-16(18-13)17(2,3)4/h6-9,11H,5,10H2,1-4H3,(H,18,19,20). The molecule has 4 heteroatoms. The molecule has 1 N–H and O–H groups in total. The largest absolute Gasteiger partial charge is 0.493 e. The van der Waals surface area contributed by atoms with Gasteiger partial charge in [-0.3, -0.25) is 4.79 Å². The summed E-state index contributed by atoms with van der Waals surface area (Å²) in [4.78, 5) is 19.3. The number of hydrogen-bond acceptors (Lipinski definition) is 3. The molecule has 1 heterocycles. The van der Waals surface area contributed by atoms with Crippen molar-refractivity contribution in [2.45, 2.75) is 39.5 Å². The third-order valence-corrected chi connectivity index (χ3v) is 3.08. The van der Waals surface area contributed by atoms with Crippen LogP contribution in [-0.2, 0) is 5.41 Å². The van der Waals surface area contributed by atoms with E-state index in [4.69, 9.17) is 4.74 Å². The number of nitrogens with zero attached hydrogens (tertiary/aromatic N) is 1. The molecule has 21 heavy (non-hydrogen) atoms. The van der Waals surface area contributed by atoms with Gasteiger partial charge < -0.3 is 9.72 Å². The fourth-order valence-electron chi connectivity index (χ4n) is 1.97. The number of H-pyrrole nitrogens is 1. The number of rotatable bonds is 4. The van der Waals surface area contributed by atoms with Gasteiger partial charge >= 0.3 is 0 Å². The summed E-state index contributed by atoms with van der Waals surface area (Å²) >= 11 is 0. The Morgan fingerprint density at radius 1 is 1.24 bits per heavy atom. The fourth-order valence-corrected chi connectivity index (χ4v) is 1.97. The summed E-state index contributed by atoms with van der Waals surface area (Å²) < 4.78 is 5.75. The van der Waals surface area contributed by atoms with E-state index < -0.39 is 0 Å². The second-order valence-electron chi connectivity index (χ2n) is 6.07. The van der Waals surface area contributed by atoms with Crippen LogP contribution in [-0.4, -0.2) is 16.6 Å². The molecule has 1 aromatic heterocycles. The number of aromatic amines is 1. The summed E-state index contributed by atoms with van der Waals surface area (Å²) in [5.41, 5.74) is 1.14. The lowest BCUT2D eigenvalue weighted by atomic mass is 9.95. The summed E-state index contributed by atoms with van der Waals surface area (Å²) in [7, 11) is 0. The van der Waals surface area contributed by atoms with Gasteiger partial charge in [0.2, 0.25) is 0 Å². The van der Waals surface area contributed by atoms with Crippen molar-refractivity contribution in [3.8, 4) is 17.0 Å². The van der Waals surface area contributed by atoms with Crippen molar-refractivity contribution in [3.63, 3.8) is 0 Å². The van der Waals surface area contributed by atoms with Crippen LogP contribution in [0.4, 0.5) is 0 Å². The van der Waals surface area contributed by atoms with Crippen LogP contribution in [0.2, 0.25) is 0 Å². The number of para-hydroxylation sites is 1. The number of hydrogen-bond donors (Lipinski definition) is 1. The number of aromatic nitrogens is 2. The van der Waals surface area contributed by atoms with E-state index in [0.717, 1.165) is 17.7 Å². The van der Waals surface area contributed by atoms with Crippen molar-refractivity contribution >= 4 is 0 Å². The Hall–Kier alpha value is -2.10. The molecule has 0 aliphatic carbocycles. The predicted octanol–water partition coefficient (Wildman–Crippen LogP) is 3.52. The van der Waals surface area contributed by atoms with Gasteiger partial charge in [0.15, 0.2) is 0 Å². The van der Waals surface area contributed by atoms with E-state index >= 15 is 0 Å². The molecule has 0 aliphatic heterocycles. The van der Waals surface area contributed by atoms with E-state index in [-0.39, 0.29) is 11.0 Å². The molecule has 2 aromatic rings. The number of benzene rings is 1. The van der Waals surface area contributed by atoms with Crippen LogP contribution in [0.25, 0.3) is 11.3 Å². The highest BCUT2D eigenvalue weighted by atomic mass is 16.5. The molecule has 1 aromatic carbocycles. The third-order valence-electron chi connectivity index (χ3n) is 3.08. The average Bonchev–Trinajstić information content (AvgIpc) is 2.44. The van der Waals surface area contributed by atoms with E-state index in [1.807, 2.05) is 45.0 Å². The maximum atomic E-state index is 11.9. The van der Waals surface area contributed by atoms with Crippen LogP contribution in [0.1, 0.15) is 39.9 Å². The zero-order chi connectivity index (χ0) is 15.5. The Morgan fingerprint density at radius 2 is 1.95 bits per heavy atom. The first kappa shape index (κ1) is 15.3. The molecule has 0 fully saturated rings. The Morgan fingerprint density at radius 3 is 2.62 bits per heavy atom. The molecule has 0 spiro atoms. The van der Waals surface area contributed by atoms with E-state index in [1.165, 1.54) is 6.07 Å². The van der Waals surface area contributed by atoms with Crippen LogP contribution < -0.4 is 10.3 Å². The molecule has 112 valence electrons. The van der Waals surface area contributed by atoms with E-state index in [0.29, 0.717) is 18.1 Å². The maximum Gasteiger partial charge on any atom is 0.251 e. The highest BCUT2D eigenvalue weighted by molar-refractivity contribution is 5.66. The lowest BCUT2D eigenvalue weighted by molar-refractivity contribution is 0.318. The monoisotopic (exact) mass is 286 g/mol. The molecule has 0 radical (unpaired) electrons. The van der Waals surface area contributed by atoms with Gasteiger partial charge in [-0.05, 0) is 18.6 Å². The molecule has 2 rings (SSSR count). The van der Waals surface area contributed by atoms with Crippen molar-refractivity contribution in [1.82, 2.24) is 9.97 Å². The van der Waals surface area contributed by atoms with E-state index in [9.17, 15) is 4.79 Å². The molecule has 0 amide bonds. The molecule has 0 atom stereocenters. The third kappa shape index (κ3) is 3.72. The van der Waals surface area contributed by atoms with Crippen LogP contribution >= 0.6 is 0 Å². The maximum absolute atomic E-state index is 11.9. The van der Waals surface area contributed by atoms with Crippen molar-refractivity contribution < 1.29 is 4.74 Å². The Kier molecular flexibility index (Phi) is 4.46. The number of ether oxygens (including phenoxy) is 1. The second-order valence-corrected chi connectivity index (χ2v) is 6.07. The smallest absolute Gasteiger partial charge is 0.251 e.